The van der Waals surface area contributed by atoms with Crippen LogP contribution in [0.5, 0.6) is 0 Å². The summed E-state index contributed by atoms with van der Waals surface area (Å²) in [6.07, 6.45) is 5.31. The van der Waals surface area contributed by atoms with Crippen molar-refractivity contribution in [2.75, 3.05) is 46.3 Å². The van der Waals surface area contributed by atoms with Crippen molar-refractivity contribution in [2.24, 2.45) is 5.92 Å². The summed E-state index contributed by atoms with van der Waals surface area (Å²) in [5.74, 6) is 0.0733. The SMILES string of the molecule is CN(CCN1CCCC1)C(=O)C1CCN(S(=O)(=O)/C=C/c2ccccc2)CC1. The monoisotopic (exact) mass is 405 g/mol. The number of amides is 1. The van der Waals surface area contributed by atoms with E-state index < -0.39 is 10.0 Å². The van der Waals surface area contributed by atoms with Gasteiger partial charge in [-0.1, -0.05) is 30.3 Å². The van der Waals surface area contributed by atoms with Gasteiger partial charge in [0.1, 0.15) is 0 Å². The van der Waals surface area contributed by atoms with Gasteiger partial charge in [-0.25, -0.2) is 8.42 Å². The summed E-state index contributed by atoms with van der Waals surface area (Å²) in [5, 5.41) is 1.27. The number of carbonyl (C=O) groups excluding carboxylic acids is 1. The van der Waals surface area contributed by atoms with Crippen molar-refractivity contribution in [1.29, 1.82) is 0 Å². The zero-order chi connectivity index (χ0) is 20.0. The van der Waals surface area contributed by atoms with Gasteiger partial charge in [-0.05, 0) is 50.4 Å². The van der Waals surface area contributed by atoms with E-state index in [-0.39, 0.29) is 11.8 Å². The van der Waals surface area contributed by atoms with E-state index in [1.807, 2.05) is 42.3 Å². The summed E-state index contributed by atoms with van der Waals surface area (Å²) in [7, 11) is -1.59. The van der Waals surface area contributed by atoms with E-state index in [9.17, 15) is 13.2 Å². The molecule has 6 nitrogen and oxygen atoms in total. The van der Waals surface area contributed by atoms with Gasteiger partial charge in [-0.15, -0.1) is 0 Å². The lowest BCUT2D eigenvalue weighted by Gasteiger charge is -2.32. The summed E-state index contributed by atoms with van der Waals surface area (Å²) in [6, 6.07) is 9.40. The number of sulfonamides is 1. The maximum Gasteiger partial charge on any atom is 0.236 e. The minimum Gasteiger partial charge on any atom is -0.344 e. The van der Waals surface area contributed by atoms with Gasteiger partial charge in [-0.3, -0.25) is 4.79 Å². The molecule has 2 saturated heterocycles. The third kappa shape index (κ3) is 5.65. The summed E-state index contributed by atoms with van der Waals surface area (Å²) in [5.41, 5.74) is 0.857. The maximum atomic E-state index is 12.7. The third-order valence-corrected chi connectivity index (χ3v) is 7.29. The number of benzene rings is 1. The molecule has 3 rings (SSSR count). The molecule has 0 aliphatic carbocycles. The van der Waals surface area contributed by atoms with Crippen LogP contribution in [0.1, 0.15) is 31.2 Å². The smallest absolute Gasteiger partial charge is 0.236 e. The summed E-state index contributed by atoms with van der Waals surface area (Å²) in [4.78, 5) is 16.9. The molecule has 1 aromatic carbocycles. The number of likely N-dealkylation sites (N-methyl/N-ethyl adjacent to an activating group) is 1. The van der Waals surface area contributed by atoms with Crippen molar-refractivity contribution >= 4 is 22.0 Å². The minimum atomic E-state index is -3.45. The topological polar surface area (TPSA) is 60.9 Å². The van der Waals surface area contributed by atoms with Crippen LogP contribution in [0.15, 0.2) is 35.7 Å². The van der Waals surface area contributed by atoms with Gasteiger partial charge < -0.3 is 9.80 Å². The standard InChI is InChI=1S/C21H31N3O3S/c1-22(16-17-23-12-5-6-13-23)21(25)20-9-14-24(15-10-20)28(26,27)18-11-19-7-3-2-4-8-19/h2-4,7-8,11,18,20H,5-6,9-10,12-17H2,1H3/b18-11+. The van der Waals surface area contributed by atoms with Gasteiger partial charge in [0.25, 0.3) is 0 Å². The highest BCUT2D eigenvalue weighted by atomic mass is 32.2. The molecular formula is C21H31N3O3S. The van der Waals surface area contributed by atoms with Crippen molar-refractivity contribution in [3.8, 4) is 0 Å². The summed E-state index contributed by atoms with van der Waals surface area (Å²) >= 11 is 0. The maximum absolute atomic E-state index is 12.7. The molecule has 0 radical (unpaired) electrons. The van der Waals surface area contributed by atoms with E-state index in [0.29, 0.717) is 25.9 Å². The highest BCUT2D eigenvalue weighted by Crippen LogP contribution is 2.22. The van der Waals surface area contributed by atoms with Crippen LogP contribution in [0.25, 0.3) is 6.08 Å². The second-order valence-electron chi connectivity index (χ2n) is 7.74. The average Bonchev–Trinajstić information content (AvgIpc) is 3.24. The Kier molecular flexibility index (Phi) is 7.26. The van der Waals surface area contributed by atoms with Crippen molar-refractivity contribution in [3.05, 3.63) is 41.3 Å². The Morgan fingerprint density at radius 2 is 1.75 bits per heavy atom. The van der Waals surface area contributed by atoms with Gasteiger partial charge in [0, 0.05) is 44.6 Å². The molecule has 1 aromatic rings. The van der Waals surface area contributed by atoms with Gasteiger partial charge in [0.05, 0.1) is 0 Å². The fourth-order valence-corrected chi connectivity index (χ4v) is 5.11. The number of nitrogens with zero attached hydrogens (tertiary/aromatic N) is 3. The third-order valence-electron chi connectivity index (χ3n) is 5.72. The fraction of sp³-hybridized carbons (Fsp3) is 0.571. The number of carbonyl (C=O) groups is 1. The van der Waals surface area contributed by atoms with E-state index >= 15 is 0 Å². The number of rotatable bonds is 7. The fourth-order valence-electron chi connectivity index (χ4n) is 3.89. The van der Waals surface area contributed by atoms with Crippen LogP contribution in [0.2, 0.25) is 0 Å². The number of hydrogen-bond donors (Lipinski definition) is 0. The molecule has 2 fully saturated rings. The second-order valence-corrected chi connectivity index (χ2v) is 9.56. The molecule has 154 valence electrons. The quantitative estimate of drug-likeness (QED) is 0.698. The molecule has 0 bridgehead atoms. The molecule has 1 amide bonds. The van der Waals surface area contributed by atoms with Crippen LogP contribution in [0.3, 0.4) is 0 Å². The van der Waals surface area contributed by atoms with Crippen LogP contribution in [-0.2, 0) is 14.8 Å². The Morgan fingerprint density at radius 1 is 1.11 bits per heavy atom. The summed E-state index contributed by atoms with van der Waals surface area (Å²) < 4.78 is 26.6. The lowest BCUT2D eigenvalue weighted by Crippen LogP contribution is -2.44. The number of hydrogen-bond acceptors (Lipinski definition) is 4. The van der Waals surface area contributed by atoms with Crippen LogP contribution in [0.4, 0.5) is 0 Å². The predicted octanol–water partition coefficient (Wildman–Crippen LogP) is 2.25. The van der Waals surface area contributed by atoms with Crippen molar-refractivity contribution < 1.29 is 13.2 Å². The largest absolute Gasteiger partial charge is 0.344 e. The lowest BCUT2D eigenvalue weighted by atomic mass is 9.97. The van der Waals surface area contributed by atoms with E-state index in [1.54, 1.807) is 6.08 Å². The number of likely N-dealkylation sites (tertiary alicyclic amines) is 1. The molecule has 7 heteroatoms. The highest BCUT2D eigenvalue weighted by molar-refractivity contribution is 7.92. The van der Waals surface area contributed by atoms with Gasteiger partial charge >= 0.3 is 0 Å². The van der Waals surface area contributed by atoms with E-state index in [0.717, 1.165) is 31.7 Å². The van der Waals surface area contributed by atoms with Gasteiger partial charge in [-0.2, -0.15) is 4.31 Å². The van der Waals surface area contributed by atoms with Crippen LogP contribution >= 0.6 is 0 Å². The average molecular weight is 406 g/mol. The minimum absolute atomic E-state index is 0.0758. The second kappa shape index (κ2) is 9.67. The molecule has 28 heavy (non-hydrogen) atoms. The van der Waals surface area contributed by atoms with Crippen LogP contribution in [-0.4, -0.2) is 74.7 Å². The molecular weight excluding hydrogens is 374 g/mol. The zero-order valence-electron chi connectivity index (χ0n) is 16.7. The molecule has 0 atom stereocenters. The van der Waals surface area contributed by atoms with Crippen LogP contribution in [0, 0.1) is 5.92 Å². The van der Waals surface area contributed by atoms with Crippen molar-refractivity contribution in [3.63, 3.8) is 0 Å². The Labute approximate surface area is 168 Å². The van der Waals surface area contributed by atoms with Crippen LogP contribution < -0.4 is 0 Å². The van der Waals surface area contributed by atoms with E-state index in [2.05, 4.69) is 4.90 Å². The normalized spacial score (nSPS) is 20.0. The molecule has 0 saturated carbocycles. The first kappa shape index (κ1) is 21.0. The first-order chi connectivity index (χ1) is 13.5. The lowest BCUT2D eigenvalue weighted by molar-refractivity contribution is -0.135. The molecule has 0 unspecified atom stereocenters. The van der Waals surface area contributed by atoms with Crippen molar-refractivity contribution in [2.45, 2.75) is 25.7 Å². The Morgan fingerprint density at radius 3 is 2.39 bits per heavy atom. The van der Waals surface area contributed by atoms with E-state index in [4.69, 9.17) is 0 Å². The first-order valence-electron chi connectivity index (χ1n) is 10.2. The Hall–Kier alpha value is -1.70. The molecule has 2 aliphatic heterocycles. The molecule has 2 aliphatic rings. The van der Waals surface area contributed by atoms with Crippen molar-refractivity contribution in [1.82, 2.24) is 14.1 Å². The first-order valence-corrected chi connectivity index (χ1v) is 11.7. The Bertz CT molecular complexity index is 765. The molecule has 2 heterocycles. The highest BCUT2D eigenvalue weighted by Gasteiger charge is 2.31. The van der Waals surface area contributed by atoms with Gasteiger partial charge in [0.15, 0.2) is 0 Å². The summed E-state index contributed by atoms with van der Waals surface area (Å²) in [6.45, 7) is 4.75. The molecule has 0 aromatic heterocycles. The number of piperidine rings is 1. The van der Waals surface area contributed by atoms with Gasteiger partial charge in [0.2, 0.25) is 15.9 Å². The predicted molar refractivity (Wildman–Crippen MR) is 112 cm³/mol. The Balaban J connectivity index is 1.47. The molecule has 0 N–H and O–H groups in total. The molecule has 0 spiro atoms. The zero-order valence-corrected chi connectivity index (χ0v) is 17.5. The van der Waals surface area contributed by atoms with E-state index in [1.165, 1.54) is 22.6 Å².